The summed E-state index contributed by atoms with van der Waals surface area (Å²) in [5, 5.41) is 0. The van der Waals surface area contributed by atoms with Gasteiger partial charge in [0.05, 0.1) is 17.4 Å². The lowest BCUT2D eigenvalue weighted by Crippen LogP contribution is -2.42. The van der Waals surface area contributed by atoms with Gasteiger partial charge in [0.25, 0.3) is 0 Å². The maximum atomic E-state index is 13.5. The summed E-state index contributed by atoms with van der Waals surface area (Å²) in [7, 11) is 0. The van der Waals surface area contributed by atoms with Crippen molar-refractivity contribution in [3.63, 3.8) is 0 Å². The van der Waals surface area contributed by atoms with E-state index in [1.165, 1.54) is 12.1 Å². The summed E-state index contributed by atoms with van der Waals surface area (Å²) in [6.45, 7) is 6.22. The fraction of sp³-hybridized carbons (Fsp3) is 0.375. The molecule has 6 nitrogen and oxygen atoms in total. The van der Waals surface area contributed by atoms with Crippen molar-refractivity contribution in [1.29, 1.82) is 0 Å². The van der Waals surface area contributed by atoms with Gasteiger partial charge in [-0.3, -0.25) is 9.88 Å². The highest BCUT2D eigenvalue weighted by molar-refractivity contribution is 5.78. The number of nitrogens with zero attached hydrogens (tertiary/aromatic N) is 3. The number of halogens is 1. The maximum Gasteiger partial charge on any atom is 0.410 e. The zero-order valence-electron chi connectivity index (χ0n) is 18.1. The molecule has 31 heavy (non-hydrogen) atoms. The molecule has 0 aliphatic carbocycles. The van der Waals surface area contributed by atoms with Crippen molar-refractivity contribution in [2.24, 2.45) is 0 Å². The molecule has 3 heterocycles. The molecule has 1 N–H and O–H groups in total. The highest BCUT2D eigenvalue weighted by Gasteiger charge is 2.34. The van der Waals surface area contributed by atoms with Crippen LogP contribution in [-0.4, -0.2) is 38.1 Å². The third-order valence-electron chi connectivity index (χ3n) is 5.26. The quantitative estimate of drug-likeness (QED) is 0.584. The lowest BCUT2D eigenvalue weighted by Gasteiger charge is -2.35. The fourth-order valence-corrected chi connectivity index (χ4v) is 3.85. The first-order chi connectivity index (χ1) is 14.8. The number of benzene rings is 1. The Labute approximate surface area is 181 Å². The van der Waals surface area contributed by atoms with Crippen LogP contribution in [-0.2, 0) is 4.74 Å². The zero-order chi connectivity index (χ0) is 22.0. The smallest absolute Gasteiger partial charge is 0.410 e. The highest BCUT2D eigenvalue weighted by atomic mass is 19.1. The molecule has 1 amide bonds. The predicted molar refractivity (Wildman–Crippen MR) is 117 cm³/mol. The normalized spacial score (nSPS) is 16.9. The number of amides is 1. The van der Waals surface area contributed by atoms with Crippen LogP contribution in [0.15, 0.2) is 48.8 Å². The van der Waals surface area contributed by atoms with Crippen LogP contribution in [0.2, 0.25) is 0 Å². The number of hydrogen-bond donors (Lipinski definition) is 1. The summed E-state index contributed by atoms with van der Waals surface area (Å²) in [6.07, 6.45) is 5.82. The lowest BCUT2D eigenvalue weighted by atomic mass is 10.0. The SMILES string of the molecule is CC(C)(C)OC(=O)N1CCCCC1c1nc(-c2ccncc2)c(-c2ccc(F)cc2)[nH]1. The molecule has 162 valence electrons. The molecular formula is C24H27FN4O2. The summed E-state index contributed by atoms with van der Waals surface area (Å²) in [5.74, 6) is 0.411. The number of H-pyrrole nitrogens is 1. The second-order valence-corrected chi connectivity index (χ2v) is 8.77. The molecule has 1 atom stereocenters. The lowest BCUT2D eigenvalue weighted by molar-refractivity contribution is 0.00855. The van der Waals surface area contributed by atoms with E-state index in [0.717, 1.165) is 41.8 Å². The Morgan fingerprint density at radius 1 is 1.10 bits per heavy atom. The molecule has 1 fully saturated rings. The van der Waals surface area contributed by atoms with Crippen molar-refractivity contribution in [3.8, 4) is 22.5 Å². The monoisotopic (exact) mass is 422 g/mol. The molecule has 1 aromatic carbocycles. The molecule has 0 bridgehead atoms. The third-order valence-corrected chi connectivity index (χ3v) is 5.26. The van der Waals surface area contributed by atoms with E-state index in [4.69, 9.17) is 9.72 Å². The van der Waals surface area contributed by atoms with Gasteiger partial charge in [-0.2, -0.15) is 0 Å². The summed E-state index contributed by atoms with van der Waals surface area (Å²) in [6, 6.07) is 9.88. The molecule has 1 unspecified atom stereocenters. The van der Waals surface area contributed by atoms with Crippen LogP contribution in [0, 0.1) is 5.82 Å². The largest absolute Gasteiger partial charge is 0.444 e. The van der Waals surface area contributed by atoms with Gasteiger partial charge in [0, 0.05) is 30.1 Å². The Kier molecular flexibility index (Phi) is 5.76. The highest BCUT2D eigenvalue weighted by Crippen LogP contribution is 2.36. The van der Waals surface area contributed by atoms with Crippen LogP contribution in [0.4, 0.5) is 9.18 Å². The predicted octanol–water partition coefficient (Wildman–Crippen LogP) is 5.74. The molecule has 1 aliphatic heterocycles. The molecule has 4 rings (SSSR count). The van der Waals surface area contributed by atoms with Gasteiger partial charge >= 0.3 is 6.09 Å². The third kappa shape index (κ3) is 4.76. The van der Waals surface area contributed by atoms with Crippen molar-refractivity contribution in [1.82, 2.24) is 19.9 Å². The molecule has 0 radical (unpaired) electrons. The summed E-state index contributed by atoms with van der Waals surface area (Å²) < 4.78 is 19.1. The van der Waals surface area contributed by atoms with Crippen LogP contribution in [0.25, 0.3) is 22.5 Å². The maximum absolute atomic E-state index is 13.5. The number of pyridine rings is 1. The Morgan fingerprint density at radius 2 is 1.81 bits per heavy atom. The van der Waals surface area contributed by atoms with Gasteiger partial charge in [-0.1, -0.05) is 0 Å². The van der Waals surface area contributed by atoms with E-state index in [1.54, 1.807) is 29.4 Å². The number of piperidine rings is 1. The molecule has 3 aromatic rings. The summed E-state index contributed by atoms with van der Waals surface area (Å²) in [4.78, 5) is 27.1. The Balaban J connectivity index is 1.75. The van der Waals surface area contributed by atoms with E-state index in [1.807, 2.05) is 32.9 Å². The molecule has 1 saturated heterocycles. The first kappa shape index (κ1) is 21.0. The average Bonchev–Trinajstić information content (AvgIpc) is 3.19. The number of likely N-dealkylation sites (tertiary alicyclic amines) is 1. The van der Waals surface area contributed by atoms with Crippen molar-refractivity contribution >= 4 is 6.09 Å². The Morgan fingerprint density at radius 3 is 2.48 bits per heavy atom. The van der Waals surface area contributed by atoms with Gasteiger partial charge in [-0.05, 0) is 76.4 Å². The van der Waals surface area contributed by atoms with E-state index in [0.29, 0.717) is 12.4 Å². The van der Waals surface area contributed by atoms with Crippen molar-refractivity contribution in [2.45, 2.75) is 51.7 Å². The van der Waals surface area contributed by atoms with Gasteiger partial charge in [0.15, 0.2) is 0 Å². The van der Waals surface area contributed by atoms with Crippen LogP contribution >= 0.6 is 0 Å². The number of hydrogen-bond acceptors (Lipinski definition) is 4. The number of rotatable bonds is 3. The first-order valence-electron chi connectivity index (χ1n) is 10.6. The van der Waals surface area contributed by atoms with E-state index < -0.39 is 5.60 Å². The van der Waals surface area contributed by atoms with Crippen molar-refractivity contribution in [3.05, 3.63) is 60.4 Å². The van der Waals surface area contributed by atoms with Crippen LogP contribution in [0.1, 0.15) is 51.9 Å². The van der Waals surface area contributed by atoms with Crippen LogP contribution < -0.4 is 0 Å². The van der Waals surface area contributed by atoms with Crippen molar-refractivity contribution < 1.29 is 13.9 Å². The Bertz CT molecular complexity index is 1040. The first-order valence-corrected chi connectivity index (χ1v) is 10.6. The van der Waals surface area contributed by atoms with Crippen LogP contribution in [0.3, 0.4) is 0 Å². The number of aromatic nitrogens is 3. The minimum atomic E-state index is -0.566. The zero-order valence-corrected chi connectivity index (χ0v) is 18.1. The number of nitrogens with one attached hydrogen (secondary N) is 1. The minimum absolute atomic E-state index is 0.210. The van der Waals surface area contributed by atoms with E-state index in [2.05, 4.69) is 9.97 Å². The summed E-state index contributed by atoms with van der Waals surface area (Å²) >= 11 is 0. The molecular weight excluding hydrogens is 395 g/mol. The van der Waals surface area contributed by atoms with Gasteiger partial charge in [-0.25, -0.2) is 14.2 Å². The molecule has 1 aliphatic rings. The van der Waals surface area contributed by atoms with Gasteiger partial charge < -0.3 is 9.72 Å². The van der Waals surface area contributed by atoms with Gasteiger partial charge in [0.2, 0.25) is 0 Å². The number of carbonyl (C=O) groups excluding carboxylic acids is 1. The van der Waals surface area contributed by atoms with E-state index in [-0.39, 0.29) is 18.0 Å². The molecule has 2 aromatic heterocycles. The van der Waals surface area contributed by atoms with E-state index in [9.17, 15) is 9.18 Å². The second-order valence-electron chi connectivity index (χ2n) is 8.77. The number of aromatic amines is 1. The standard InChI is InChI=1S/C24H27FN4O2/c1-24(2,3)31-23(30)29-15-5-4-6-19(29)22-27-20(16-7-9-18(25)10-8-16)21(28-22)17-11-13-26-14-12-17/h7-14,19H,4-6,15H2,1-3H3,(H,27,28). The average molecular weight is 423 g/mol. The topological polar surface area (TPSA) is 71.1 Å². The minimum Gasteiger partial charge on any atom is -0.444 e. The molecule has 0 spiro atoms. The summed E-state index contributed by atoms with van der Waals surface area (Å²) in [5.41, 5.74) is 2.70. The van der Waals surface area contributed by atoms with Gasteiger partial charge in [-0.15, -0.1) is 0 Å². The molecule has 0 saturated carbocycles. The van der Waals surface area contributed by atoms with Gasteiger partial charge in [0.1, 0.15) is 17.2 Å². The van der Waals surface area contributed by atoms with E-state index >= 15 is 0 Å². The number of carbonyl (C=O) groups is 1. The van der Waals surface area contributed by atoms with Crippen molar-refractivity contribution in [2.75, 3.05) is 6.54 Å². The number of imidazole rings is 1. The Hall–Kier alpha value is -3.22. The number of ether oxygens (including phenoxy) is 1. The molecule has 7 heteroatoms. The fourth-order valence-electron chi connectivity index (χ4n) is 3.85. The van der Waals surface area contributed by atoms with Crippen LogP contribution in [0.5, 0.6) is 0 Å². The second kappa shape index (κ2) is 8.49.